The van der Waals surface area contributed by atoms with Crippen LogP contribution in [0.25, 0.3) is 10.8 Å². The molecule has 2 aromatic carbocycles. The standard InChI is InChI=1S/C33H44N4O7S2/c1-9-21-18-33(21,29(40)36-46(8,42)43)35-27(38)24-17-22(45-25-16-12-14-20-13-10-11-15-23(20)25)19-37(24)28(39)26(31(2,3)4)34-30(41)44-32(5,6)7/h9-16,21-22,24,26H,1,17-19H2,2-8H3,(H,34,41)(H,35,38)(H,36,40)/t21-,22-,24+,26-,33-/m1/s1. The quantitative estimate of drug-likeness (QED) is 0.339. The molecule has 0 unspecified atom stereocenters. The van der Waals surface area contributed by atoms with Gasteiger partial charge in [-0.2, -0.15) is 0 Å². The minimum atomic E-state index is -3.90. The molecule has 0 aromatic heterocycles. The highest BCUT2D eigenvalue weighted by atomic mass is 32.2. The molecular weight excluding hydrogens is 629 g/mol. The minimum Gasteiger partial charge on any atom is -0.444 e. The molecule has 3 N–H and O–H groups in total. The predicted molar refractivity (Wildman–Crippen MR) is 178 cm³/mol. The van der Waals surface area contributed by atoms with Crippen molar-refractivity contribution < 1.29 is 32.3 Å². The summed E-state index contributed by atoms with van der Waals surface area (Å²) >= 11 is 1.56. The van der Waals surface area contributed by atoms with E-state index in [-0.39, 0.29) is 24.6 Å². The summed E-state index contributed by atoms with van der Waals surface area (Å²) in [5.41, 5.74) is -3.05. The third kappa shape index (κ3) is 8.22. The molecule has 4 rings (SSSR count). The van der Waals surface area contributed by atoms with Gasteiger partial charge in [0.15, 0.2) is 0 Å². The Morgan fingerprint density at radius 1 is 1.07 bits per heavy atom. The van der Waals surface area contributed by atoms with Gasteiger partial charge in [-0.1, -0.05) is 63.2 Å². The summed E-state index contributed by atoms with van der Waals surface area (Å²) in [6.07, 6.45) is 2.04. The number of fused-ring (bicyclic) bond motifs is 1. The van der Waals surface area contributed by atoms with Crippen molar-refractivity contribution in [2.24, 2.45) is 11.3 Å². The molecule has 2 fully saturated rings. The first-order chi connectivity index (χ1) is 21.2. The van der Waals surface area contributed by atoms with Gasteiger partial charge in [-0.05, 0) is 55.9 Å². The zero-order valence-electron chi connectivity index (χ0n) is 27.4. The summed E-state index contributed by atoms with van der Waals surface area (Å²) in [7, 11) is -3.90. The first-order valence-electron chi connectivity index (χ1n) is 15.2. The van der Waals surface area contributed by atoms with Crippen molar-refractivity contribution in [3.63, 3.8) is 0 Å². The molecule has 4 amide bonds. The van der Waals surface area contributed by atoms with E-state index >= 15 is 0 Å². The molecular formula is C33H44N4O7S2. The SMILES string of the molecule is C=C[C@@H]1C[C@]1(NC(=O)[C@@H]1C[C@@H](Sc2cccc3ccccc23)CN1C(=O)[C@@H](NC(=O)OC(C)(C)C)C(C)(C)C)C(=O)NS(C)(=O)=O. The molecule has 1 saturated heterocycles. The van der Waals surface area contributed by atoms with E-state index in [0.717, 1.165) is 21.9 Å². The van der Waals surface area contributed by atoms with E-state index in [1.807, 2.05) is 68.0 Å². The maximum Gasteiger partial charge on any atom is 0.408 e. The van der Waals surface area contributed by atoms with Crippen LogP contribution in [0.4, 0.5) is 4.79 Å². The number of benzene rings is 2. The highest BCUT2D eigenvalue weighted by Crippen LogP contribution is 2.45. The number of nitrogens with zero attached hydrogens (tertiary/aromatic N) is 1. The number of hydrogen-bond donors (Lipinski definition) is 3. The average molecular weight is 673 g/mol. The van der Waals surface area contributed by atoms with Gasteiger partial charge in [0, 0.05) is 22.6 Å². The lowest BCUT2D eigenvalue weighted by atomic mass is 9.85. The highest BCUT2D eigenvalue weighted by Gasteiger charge is 2.61. The van der Waals surface area contributed by atoms with Gasteiger partial charge in [0.1, 0.15) is 23.2 Å². The van der Waals surface area contributed by atoms with Crippen LogP contribution in [0.3, 0.4) is 0 Å². The van der Waals surface area contributed by atoms with Crippen LogP contribution in [0.15, 0.2) is 60.0 Å². The van der Waals surface area contributed by atoms with Crippen molar-refractivity contribution in [3.05, 3.63) is 55.1 Å². The smallest absolute Gasteiger partial charge is 0.408 e. The lowest BCUT2D eigenvalue weighted by molar-refractivity contribution is -0.142. The molecule has 1 saturated carbocycles. The van der Waals surface area contributed by atoms with Gasteiger partial charge >= 0.3 is 6.09 Å². The van der Waals surface area contributed by atoms with Gasteiger partial charge in [0.2, 0.25) is 21.8 Å². The van der Waals surface area contributed by atoms with E-state index in [2.05, 4.69) is 17.2 Å². The Morgan fingerprint density at radius 2 is 1.72 bits per heavy atom. The van der Waals surface area contributed by atoms with Crippen molar-refractivity contribution in [3.8, 4) is 0 Å². The molecule has 13 heteroatoms. The molecule has 5 atom stereocenters. The summed E-state index contributed by atoms with van der Waals surface area (Å²) in [4.78, 5) is 56.8. The molecule has 46 heavy (non-hydrogen) atoms. The first kappa shape index (κ1) is 35.3. The van der Waals surface area contributed by atoms with E-state index in [1.54, 1.807) is 32.5 Å². The van der Waals surface area contributed by atoms with Gasteiger partial charge in [-0.15, -0.1) is 18.3 Å². The number of amides is 4. The lowest BCUT2D eigenvalue weighted by Crippen LogP contribution is -2.60. The van der Waals surface area contributed by atoms with E-state index < -0.39 is 68.4 Å². The summed E-state index contributed by atoms with van der Waals surface area (Å²) < 4.78 is 31.2. The largest absolute Gasteiger partial charge is 0.444 e. The number of nitrogens with one attached hydrogen (secondary N) is 3. The van der Waals surface area contributed by atoms with E-state index in [1.165, 1.54) is 11.0 Å². The molecule has 0 spiro atoms. The molecule has 11 nitrogen and oxygen atoms in total. The van der Waals surface area contributed by atoms with Gasteiger partial charge < -0.3 is 20.3 Å². The van der Waals surface area contributed by atoms with Crippen LogP contribution in [0, 0.1) is 11.3 Å². The van der Waals surface area contributed by atoms with Crippen LogP contribution in [-0.4, -0.2) is 78.4 Å². The third-order valence-electron chi connectivity index (χ3n) is 7.99. The second-order valence-corrected chi connectivity index (χ2v) is 17.2. The number of likely N-dealkylation sites (tertiary alicyclic amines) is 1. The number of carbonyl (C=O) groups is 4. The number of rotatable bonds is 9. The Kier molecular flexibility index (Phi) is 9.90. The third-order valence-corrected chi connectivity index (χ3v) is 9.84. The van der Waals surface area contributed by atoms with Crippen LogP contribution in [0.2, 0.25) is 0 Å². The molecule has 2 aliphatic rings. The first-order valence-corrected chi connectivity index (χ1v) is 17.9. The van der Waals surface area contributed by atoms with Crippen LogP contribution >= 0.6 is 11.8 Å². The van der Waals surface area contributed by atoms with Crippen molar-refractivity contribution in [1.82, 2.24) is 20.3 Å². The zero-order chi connectivity index (χ0) is 34.2. The lowest BCUT2D eigenvalue weighted by Gasteiger charge is -2.36. The number of thioether (sulfide) groups is 1. The van der Waals surface area contributed by atoms with Gasteiger partial charge in [-0.25, -0.2) is 13.2 Å². The molecule has 1 heterocycles. The Hall–Kier alpha value is -3.58. The number of alkyl carbamates (subject to hydrolysis) is 1. The number of hydrogen-bond acceptors (Lipinski definition) is 8. The Labute approximate surface area is 275 Å². The molecule has 2 aromatic rings. The molecule has 0 radical (unpaired) electrons. The molecule has 1 aliphatic carbocycles. The van der Waals surface area contributed by atoms with Crippen molar-refractivity contribution in [1.29, 1.82) is 0 Å². The Bertz CT molecular complexity index is 1640. The fourth-order valence-corrected chi connectivity index (χ4v) is 7.55. The fourth-order valence-electron chi connectivity index (χ4n) is 5.69. The van der Waals surface area contributed by atoms with Crippen LogP contribution < -0.4 is 15.4 Å². The van der Waals surface area contributed by atoms with Crippen molar-refractivity contribution in [2.45, 2.75) is 87.8 Å². The summed E-state index contributed by atoms with van der Waals surface area (Å²) in [6, 6.07) is 11.9. The minimum absolute atomic E-state index is 0.170. The predicted octanol–water partition coefficient (Wildman–Crippen LogP) is 3.98. The maximum atomic E-state index is 14.3. The number of sulfonamides is 1. The topological polar surface area (TPSA) is 151 Å². The van der Waals surface area contributed by atoms with E-state index in [0.29, 0.717) is 0 Å². The van der Waals surface area contributed by atoms with Gasteiger partial charge in [-0.3, -0.25) is 19.1 Å². The highest BCUT2D eigenvalue weighted by molar-refractivity contribution is 8.00. The monoisotopic (exact) mass is 672 g/mol. The average Bonchev–Trinajstić information content (AvgIpc) is 3.48. The second kappa shape index (κ2) is 12.9. The normalized spacial score (nSPS) is 23.7. The Morgan fingerprint density at radius 3 is 2.30 bits per heavy atom. The molecule has 250 valence electrons. The van der Waals surface area contributed by atoms with E-state index in [4.69, 9.17) is 4.74 Å². The fraction of sp³-hybridized carbons (Fsp3) is 0.515. The van der Waals surface area contributed by atoms with Crippen molar-refractivity contribution in [2.75, 3.05) is 12.8 Å². The zero-order valence-corrected chi connectivity index (χ0v) is 29.0. The molecule has 1 aliphatic heterocycles. The Balaban J connectivity index is 1.66. The van der Waals surface area contributed by atoms with Gasteiger partial charge in [0.05, 0.1) is 6.26 Å². The van der Waals surface area contributed by atoms with Crippen LogP contribution in [0.5, 0.6) is 0 Å². The second-order valence-electron chi connectivity index (χ2n) is 14.1. The van der Waals surface area contributed by atoms with Crippen molar-refractivity contribution >= 4 is 56.4 Å². The van der Waals surface area contributed by atoms with Crippen LogP contribution in [-0.2, 0) is 29.1 Å². The summed E-state index contributed by atoms with van der Waals surface area (Å²) in [5.74, 6) is -2.40. The van der Waals surface area contributed by atoms with Gasteiger partial charge in [0.25, 0.3) is 5.91 Å². The number of ether oxygens (including phenoxy) is 1. The molecule has 0 bridgehead atoms. The van der Waals surface area contributed by atoms with E-state index in [9.17, 15) is 27.6 Å². The number of carbonyl (C=O) groups excluding carboxylic acids is 4. The summed E-state index contributed by atoms with van der Waals surface area (Å²) in [6.45, 7) is 14.5. The van der Waals surface area contributed by atoms with Crippen LogP contribution in [0.1, 0.15) is 54.4 Å². The maximum absolute atomic E-state index is 14.3. The summed E-state index contributed by atoms with van der Waals surface area (Å²) in [5, 5.41) is 7.40.